The van der Waals surface area contributed by atoms with E-state index in [1.54, 1.807) is 12.1 Å². The van der Waals surface area contributed by atoms with Gasteiger partial charge in [0.05, 0.1) is 0 Å². The molecule has 1 saturated heterocycles. The van der Waals surface area contributed by atoms with Crippen LogP contribution in [0.25, 0.3) is 0 Å². The van der Waals surface area contributed by atoms with Gasteiger partial charge in [-0.25, -0.2) is 4.39 Å². The van der Waals surface area contributed by atoms with Crippen molar-refractivity contribution in [3.05, 3.63) is 34.9 Å². The number of nitrogens with one attached hydrogen (secondary N) is 1. The van der Waals surface area contributed by atoms with Gasteiger partial charge in [0.15, 0.2) is 0 Å². The van der Waals surface area contributed by atoms with Crippen LogP contribution in [0.3, 0.4) is 0 Å². The van der Waals surface area contributed by atoms with Crippen molar-refractivity contribution in [1.29, 1.82) is 0 Å². The van der Waals surface area contributed by atoms with Gasteiger partial charge in [-0.3, -0.25) is 0 Å². The van der Waals surface area contributed by atoms with Gasteiger partial charge in [0, 0.05) is 16.6 Å². The zero-order valence-corrected chi connectivity index (χ0v) is 10.0. The molecular weight excluding hydrogens is 225 g/mol. The van der Waals surface area contributed by atoms with E-state index in [2.05, 4.69) is 5.32 Å². The van der Waals surface area contributed by atoms with Crippen LogP contribution in [0.15, 0.2) is 24.3 Å². The number of halogens is 2. The quantitative estimate of drug-likeness (QED) is 0.829. The van der Waals surface area contributed by atoms with Crippen molar-refractivity contribution >= 4 is 11.6 Å². The molecule has 2 atom stereocenters. The molecule has 1 aliphatic heterocycles. The summed E-state index contributed by atoms with van der Waals surface area (Å²) in [5.41, 5.74) is 0.614. The van der Waals surface area contributed by atoms with Gasteiger partial charge in [-0.05, 0) is 25.5 Å². The molecule has 1 aliphatic rings. The van der Waals surface area contributed by atoms with Crippen molar-refractivity contribution in [2.75, 3.05) is 6.54 Å². The van der Waals surface area contributed by atoms with Crippen molar-refractivity contribution in [3.63, 3.8) is 0 Å². The normalized spacial score (nSPS) is 23.8. The molecule has 1 N–H and O–H groups in total. The summed E-state index contributed by atoms with van der Waals surface area (Å²) in [6, 6.07) is 7.12. The summed E-state index contributed by atoms with van der Waals surface area (Å²) in [7, 11) is 0. The Kier molecular flexibility index (Phi) is 4.19. The zero-order chi connectivity index (χ0) is 11.4. The Balaban J connectivity index is 2.11. The van der Waals surface area contributed by atoms with Crippen molar-refractivity contribution in [1.82, 2.24) is 5.32 Å². The highest BCUT2D eigenvalue weighted by atomic mass is 35.5. The molecule has 2 rings (SSSR count). The van der Waals surface area contributed by atoms with Gasteiger partial charge in [-0.2, -0.15) is 0 Å². The summed E-state index contributed by atoms with van der Waals surface area (Å²) in [5, 5.41) is 3.80. The number of rotatable bonds is 2. The molecule has 0 spiro atoms. The van der Waals surface area contributed by atoms with Crippen LogP contribution in [-0.2, 0) is 0 Å². The van der Waals surface area contributed by atoms with Gasteiger partial charge in [-0.15, -0.1) is 0 Å². The minimum atomic E-state index is -0.994. The number of hydrogen-bond acceptors (Lipinski definition) is 1. The fourth-order valence-electron chi connectivity index (χ4n) is 2.22. The van der Waals surface area contributed by atoms with Crippen LogP contribution >= 0.6 is 11.6 Å². The van der Waals surface area contributed by atoms with Crippen molar-refractivity contribution < 1.29 is 4.39 Å². The summed E-state index contributed by atoms with van der Waals surface area (Å²) in [6.07, 6.45) is 3.34. The van der Waals surface area contributed by atoms with E-state index in [0.717, 1.165) is 25.8 Å². The molecule has 88 valence electrons. The topological polar surface area (TPSA) is 12.0 Å². The van der Waals surface area contributed by atoms with Crippen molar-refractivity contribution in [2.24, 2.45) is 0 Å². The highest BCUT2D eigenvalue weighted by Gasteiger charge is 2.24. The predicted molar refractivity (Wildman–Crippen MR) is 65.6 cm³/mol. The lowest BCUT2D eigenvalue weighted by Gasteiger charge is -2.21. The van der Waals surface area contributed by atoms with Crippen molar-refractivity contribution in [3.8, 4) is 0 Å². The smallest absolute Gasteiger partial charge is 0.142 e. The van der Waals surface area contributed by atoms with Gasteiger partial charge in [0.1, 0.15) is 6.17 Å². The van der Waals surface area contributed by atoms with Gasteiger partial charge in [-0.1, -0.05) is 42.6 Å². The van der Waals surface area contributed by atoms with E-state index in [0.29, 0.717) is 10.6 Å². The third-order valence-corrected chi connectivity index (χ3v) is 3.50. The maximum Gasteiger partial charge on any atom is 0.142 e. The van der Waals surface area contributed by atoms with E-state index in [1.807, 2.05) is 12.1 Å². The van der Waals surface area contributed by atoms with E-state index in [-0.39, 0.29) is 6.04 Å². The zero-order valence-electron chi connectivity index (χ0n) is 9.26. The highest BCUT2D eigenvalue weighted by molar-refractivity contribution is 6.31. The second kappa shape index (κ2) is 5.65. The first-order chi connectivity index (χ1) is 7.79. The Bertz CT molecular complexity index is 334. The molecule has 1 nitrogen and oxygen atoms in total. The number of alkyl halides is 1. The van der Waals surface area contributed by atoms with Crippen LogP contribution in [0.4, 0.5) is 4.39 Å². The lowest BCUT2D eigenvalue weighted by molar-refractivity contribution is 0.249. The van der Waals surface area contributed by atoms with Gasteiger partial charge < -0.3 is 5.32 Å². The average Bonchev–Trinajstić information content (AvgIpc) is 2.57. The third kappa shape index (κ3) is 2.74. The molecule has 2 unspecified atom stereocenters. The van der Waals surface area contributed by atoms with E-state index in [1.165, 1.54) is 6.42 Å². The van der Waals surface area contributed by atoms with Gasteiger partial charge in [0.25, 0.3) is 0 Å². The molecule has 1 heterocycles. The standard InChI is InChI=1S/C13H17ClFN/c14-11-7-4-3-6-10(11)13(15)12-8-2-1-5-9-16-12/h3-4,6-7,12-13,16H,1-2,5,8-9H2. The average molecular weight is 242 g/mol. The number of hydrogen-bond donors (Lipinski definition) is 1. The molecule has 1 aromatic rings. The molecule has 16 heavy (non-hydrogen) atoms. The molecule has 1 fully saturated rings. The summed E-state index contributed by atoms with van der Waals surface area (Å²) >= 11 is 6.01. The van der Waals surface area contributed by atoms with E-state index in [4.69, 9.17) is 11.6 Å². The molecule has 0 aliphatic carbocycles. The Morgan fingerprint density at radius 3 is 2.88 bits per heavy atom. The van der Waals surface area contributed by atoms with Crippen LogP contribution in [0.1, 0.15) is 37.4 Å². The minimum absolute atomic E-state index is 0.0811. The molecule has 0 bridgehead atoms. The lowest BCUT2D eigenvalue weighted by atomic mass is 10.00. The summed E-state index contributed by atoms with van der Waals surface area (Å²) < 4.78 is 14.3. The van der Waals surface area contributed by atoms with Crippen LogP contribution in [-0.4, -0.2) is 12.6 Å². The summed E-state index contributed by atoms with van der Waals surface area (Å²) in [4.78, 5) is 0. The Labute approximate surface area is 101 Å². The van der Waals surface area contributed by atoms with Gasteiger partial charge >= 0.3 is 0 Å². The Morgan fingerprint density at radius 2 is 2.06 bits per heavy atom. The predicted octanol–water partition coefficient (Wildman–Crippen LogP) is 3.88. The first kappa shape index (κ1) is 11.9. The highest BCUT2D eigenvalue weighted by Crippen LogP contribution is 2.30. The second-order valence-corrected chi connectivity index (χ2v) is 4.74. The minimum Gasteiger partial charge on any atom is -0.311 e. The lowest BCUT2D eigenvalue weighted by Crippen LogP contribution is -2.32. The van der Waals surface area contributed by atoms with Crippen LogP contribution in [0, 0.1) is 0 Å². The third-order valence-electron chi connectivity index (χ3n) is 3.15. The van der Waals surface area contributed by atoms with Crippen LogP contribution in [0.5, 0.6) is 0 Å². The summed E-state index contributed by atoms with van der Waals surface area (Å²) in [5.74, 6) is 0. The monoisotopic (exact) mass is 241 g/mol. The Hall–Kier alpha value is -0.600. The molecule has 1 aromatic carbocycles. The first-order valence-electron chi connectivity index (χ1n) is 5.91. The molecule has 0 amide bonds. The van der Waals surface area contributed by atoms with Crippen LogP contribution < -0.4 is 5.32 Å². The molecule has 3 heteroatoms. The maximum atomic E-state index is 14.3. The fourth-order valence-corrected chi connectivity index (χ4v) is 2.46. The number of benzene rings is 1. The largest absolute Gasteiger partial charge is 0.311 e. The van der Waals surface area contributed by atoms with Crippen molar-refractivity contribution in [2.45, 2.75) is 37.9 Å². The molecular formula is C13H17ClFN. The Morgan fingerprint density at radius 1 is 1.25 bits per heavy atom. The molecule has 0 aromatic heterocycles. The summed E-state index contributed by atoms with van der Waals surface area (Å²) in [6.45, 7) is 0.912. The van der Waals surface area contributed by atoms with Gasteiger partial charge in [0.2, 0.25) is 0 Å². The molecule has 0 radical (unpaired) electrons. The SMILES string of the molecule is FC(c1ccccc1Cl)C1CCCCCN1. The first-order valence-corrected chi connectivity index (χ1v) is 6.29. The maximum absolute atomic E-state index is 14.3. The van der Waals surface area contributed by atoms with Crippen LogP contribution in [0.2, 0.25) is 5.02 Å². The van der Waals surface area contributed by atoms with E-state index < -0.39 is 6.17 Å². The van der Waals surface area contributed by atoms with E-state index in [9.17, 15) is 4.39 Å². The second-order valence-electron chi connectivity index (χ2n) is 4.33. The molecule has 0 saturated carbocycles. The van der Waals surface area contributed by atoms with E-state index >= 15 is 0 Å². The fraction of sp³-hybridized carbons (Fsp3) is 0.538.